The Morgan fingerprint density at radius 1 is 1.73 bits per heavy atom. The molecule has 0 aliphatic heterocycles. The molecule has 0 aromatic carbocycles. The molecule has 2 unspecified atom stereocenters. The average Bonchev–Trinajstić information content (AvgIpc) is 1.94. The van der Waals surface area contributed by atoms with Gasteiger partial charge >= 0.3 is 5.97 Å². The van der Waals surface area contributed by atoms with Crippen LogP contribution >= 0.6 is 0 Å². The van der Waals surface area contributed by atoms with Crippen molar-refractivity contribution >= 4 is 5.97 Å². The van der Waals surface area contributed by atoms with E-state index in [4.69, 9.17) is 5.11 Å². The highest BCUT2D eigenvalue weighted by molar-refractivity contribution is 5.71. The molecule has 0 saturated heterocycles. The van der Waals surface area contributed by atoms with Gasteiger partial charge in [0.2, 0.25) is 0 Å². The van der Waals surface area contributed by atoms with Gasteiger partial charge in [0.15, 0.2) is 0 Å². The van der Waals surface area contributed by atoms with E-state index in [2.05, 4.69) is 6.58 Å². The molecule has 0 heterocycles. The lowest BCUT2D eigenvalue weighted by Gasteiger charge is -2.26. The number of hydrogen-bond acceptors (Lipinski definition) is 1. The maximum atomic E-state index is 10.7. The van der Waals surface area contributed by atoms with Crippen molar-refractivity contribution in [1.82, 2.24) is 0 Å². The van der Waals surface area contributed by atoms with Gasteiger partial charge in [-0.05, 0) is 25.2 Å². The summed E-state index contributed by atoms with van der Waals surface area (Å²) in [4.78, 5) is 10.7. The van der Waals surface area contributed by atoms with Crippen molar-refractivity contribution in [3.05, 3.63) is 12.2 Å². The Morgan fingerprint density at radius 2 is 2.36 bits per heavy atom. The van der Waals surface area contributed by atoms with E-state index in [-0.39, 0.29) is 5.92 Å². The third kappa shape index (κ3) is 1.82. The van der Waals surface area contributed by atoms with E-state index >= 15 is 0 Å². The number of carboxylic acid groups (broad SMARTS) is 1. The van der Waals surface area contributed by atoms with Crippen molar-refractivity contribution < 1.29 is 9.90 Å². The van der Waals surface area contributed by atoms with Gasteiger partial charge in [-0.25, -0.2) is 0 Å². The van der Waals surface area contributed by atoms with Crippen LogP contribution in [-0.4, -0.2) is 11.1 Å². The SMILES string of the molecule is C=C1CCC(C)C(C(=O)O)C1. The first kappa shape index (κ1) is 8.31. The van der Waals surface area contributed by atoms with Crippen LogP contribution in [0.2, 0.25) is 0 Å². The second kappa shape index (κ2) is 3.07. The molecule has 2 atom stereocenters. The van der Waals surface area contributed by atoms with Gasteiger partial charge in [0, 0.05) is 0 Å². The number of rotatable bonds is 1. The molecule has 0 radical (unpaired) electrons. The Bertz CT molecular complexity index is 184. The lowest BCUT2D eigenvalue weighted by atomic mass is 9.78. The zero-order valence-corrected chi connectivity index (χ0v) is 6.84. The predicted molar refractivity (Wildman–Crippen MR) is 43.3 cm³/mol. The molecule has 62 valence electrons. The Kier molecular flexibility index (Phi) is 2.32. The van der Waals surface area contributed by atoms with Crippen molar-refractivity contribution in [2.45, 2.75) is 26.2 Å². The van der Waals surface area contributed by atoms with E-state index in [1.54, 1.807) is 0 Å². The number of allylic oxidation sites excluding steroid dienone is 1. The van der Waals surface area contributed by atoms with Crippen molar-refractivity contribution in [2.75, 3.05) is 0 Å². The zero-order valence-electron chi connectivity index (χ0n) is 6.84. The monoisotopic (exact) mass is 154 g/mol. The highest BCUT2D eigenvalue weighted by atomic mass is 16.4. The number of carboxylic acids is 1. The quantitative estimate of drug-likeness (QED) is 0.587. The molecule has 1 fully saturated rings. The first-order valence-corrected chi connectivity index (χ1v) is 4.00. The van der Waals surface area contributed by atoms with Crippen LogP contribution in [0.3, 0.4) is 0 Å². The molecule has 1 aliphatic carbocycles. The molecule has 11 heavy (non-hydrogen) atoms. The fourth-order valence-corrected chi connectivity index (χ4v) is 1.58. The first-order valence-electron chi connectivity index (χ1n) is 4.00. The van der Waals surface area contributed by atoms with E-state index in [1.807, 2.05) is 6.92 Å². The van der Waals surface area contributed by atoms with E-state index in [0.717, 1.165) is 18.4 Å². The van der Waals surface area contributed by atoms with Crippen molar-refractivity contribution in [1.29, 1.82) is 0 Å². The van der Waals surface area contributed by atoms with Crippen LogP contribution in [0.4, 0.5) is 0 Å². The molecule has 0 aromatic heterocycles. The van der Waals surface area contributed by atoms with Crippen LogP contribution in [0.5, 0.6) is 0 Å². The lowest BCUT2D eigenvalue weighted by molar-refractivity contribution is -0.143. The van der Waals surface area contributed by atoms with Gasteiger partial charge < -0.3 is 5.11 Å². The topological polar surface area (TPSA) is 37.3 Å². The Morgan fingerprint density at radius 3 is 2.82 bits per heavy atom. The van der Waals surface area contributed by atoms with Crippen molar-refractivity contribution in [2.24, 2.45) is 11.8 Å². The van der Waals surface area contributed by atoms with Crippen LogP contribution in [0.25, 0.3) is 0 Å². The predicted octanol–water partition coefficient (Wildman–Crippen LogP) is 2.06. The third-order valence-corrected chi connectivity index (χ3v) is 2.47. The Balaban J connectivity index is 2.61. The summed E-state index contributed by atoms with van der Waals surface area (Å²) < 4.78 is 0. The maximum Gasteiger partial charge on any atom is 0.307 e. The molecule has 0 aromatic rings. The minimum absolute atomic E-state index is 0.184. The maximum absolute atomic E-state index is 10.7. The summed E-state index contributed by atoms with van der Waals surface area (Å²) in [5.74, 6) is -0.535. The molecule has 0 spiro atoms. The highest BCUT2D eigenvalue weighted by Crippen LogP contribution is 2.32. The smallest absolute Gasteiger partial charge is 0.307 e. The summed E-state index contributed by atoms with van der Waals surface area (Å²) in [5, 5.41) is 8.79. The van der Waals surface area contributed by atoms with Gasteiger partial charge in [-0.15, -0.1) is 0 Å². The van der Waals surface area contributed by atoms with Crippen LogP contribution < -0.4 is 0 Å². The molecule has 0 amide bonds. The van der Waals surface area contributed by atoms with Gasteiger partial charge in [0.25, 0.3) is 0 Å². The van der Waals surface area contributed by atoms with Gasteiger partial charge in [-0.2, -0.15) is 0 Å². The highest BCUT2D eigenvalue weighted by Gasteiger charge is 2.28. The normalized spacial score (nSPS) is 31.9. The molecule has 1 N–H and O–H groups in total. The number of aliphatic carboxylic acids is 1. The van der Waals surface area contributed by atoms with E-state index < -0.39 is 5.97 Å². The minimum Gasteiger partial charge on any atom is -0.481 e. The molecule has 0 bridgehead atoms. The fourth-order valence-electron chi connectivity index (χ4n) is 1.58. The van der Waals surface area contributed by atoms with Crippen molar-refractivity contribution in [3.63, 3.8) is 0 Å². The summed E-state index contributed by atoms with van der Waals surface area (Å²) in [6.45, 7) is 5.82. The summed E-state index contributed by atoms with van der Waals surface area (Å²) in [6, 6.07) is 0. The Hall–Kier alpha value is -0.790. The summed E-state index contributed by atoms with van der Waals surface area (Å²) in [6.07, 6.45) is 2.66. The second-order valence-corrected chi connectivity index (χ2v) is 3.41. The average molecular weight is 154 g/mol. The largest absolute Gasteiger partial charge is 0.481 e. The molecule has 2 nitrogen and oxygen atoms in total. The van der Waals surface area contributed by atoms with Gasteiger partial charge in [0.1, 0.15) is 0 Å². The Labute approximate surface area is 66.9 Å². The van der Waals surface area contributed by atoms with Crippen LogP contribution in [-0.2, 0) is 4.79 Å². The number of carbonyl (C=O) groups is 1. The molecule has 1 saturated carbocycles. The molecule has 1 rings (SSSR count). The zero-order chi connectivity index (χ0) is 8.43. The first-order chi connectivity index (χ1) is 5.11. The van der Waals surface area contributed by atoms with E-state index in [0.29, 0.717) is 12.3 Å². The van der Waals surface area contributed by atoms with E-state index in [9.17, 15) is 4.79 Å². The molecule has 1 aliphatic rings. The van der Waals surface area contributed by atoms with E-state index in [1.165, 1.54) is 0 Å². The fraction of sp³-hybridized carbons (Fsp3) is 0.667. The van der Waals surface area contributed by atoms with Gasteiger partial charge in [-0.3, -0.25) is 4.79 Å². The van der Waals surface area contributed by atoms with Gasteiger partial charge in [-0.1, -0.05) is 19.1 Å². The number of hydrogen-bond donors (Lipinski definition) is 1. The van der Waals surface area contributed by atoms with Gasteiger partial charge in [0.05, 0.1) is 5.92 Å². The lowest BCUT2D eigenvalue weighted by Crippen LogP contribution is -2.25. The summed E-state index contributed by atoms with van der Waals surface area (Å²) >= 11 is 0. The molecular weight excluding hydrogens is 140 g/mol. The van der Waals surface area contributed by atoms with Crippen LogP contribution in [0.1, 0.15) is 26.2 Å². The second-order valence-electron chi connectivity index (χ2n) is 3.41. The minimum atomic E-state index is -0.668. The molecular formula is C9H14O2. The molecule has 2 heteroatoms. The third-order valence-electron chi connectivity index (χ3n) is 2.47. The standard InChI is InChI=1S/C9H14O2/c1-6-3-4-7(2)8(5-6)9(10)11/h7-8H,1,3-5H2,2H3,(H,10,11). The van der Waals surface area contributed by atoms with Crippen LogP contribution in [0.15, 0.2) is 12.2 Å². The van der Waals surface area contributed by atoms with Crippen molar-refractivity contribution in [3.8, 4) is 0 Å². The van der Waals surface area contributed by atoms with Crippen LogP contribution in [0, 0.1) is 11.8 Å². The summed E-state index contributed by atoms with van der Waals surface area (Å²) in [7, 11) is 0. The summed E-state index contributed by atoms with van der Waals surface area (Å²) in [5.41, 5.74) is 1.09.